The molecule has 0 aromatic carbocycles. The standard InChI is InChI=1S/C11H19NO/c1-2-9-13-10-11(12)7-5-3-4-6-8-11/h1H,3-10,12H2. The molecule has 2 heteroatoms. The summed E-state index contributed by atoms with van der Waals surface area (Å²) in [6.07, 6.45) is 12.4. The van der Waals surface area contributed by atoms with Crippen molar-refractivity contribution < 1.29 is 4.74 Å². The Morgan fingerprint density at radius 3 is 2.38 bits per heavy atom. The summed E-state index contributed by atoms with van der Waals surface area (Å²) in [6.45, 7) is 1.01. The van der Waals surface area contributed by atoms with Gasteiger partial charge in [0.25, 0.3) is 0 Å². The van der Waals surface area contributed by atoms with Crippen molar-refractivity contribution in [3.05, 3.63) is 0 Å². The van der Waals surface area contributed by atoms with Gasteiger partial charge >= 0.3 is 0 Å². The quantitative estimate of drug-likeness (QED) is 0.408. The third-order valence-corrected chi connectivity index (χ3v) is 2.67. The molecule has 0 heterocycles. The van der Waals surface area contributed by atoms with Crippen LogP contribution in [0.1, 0.15) is 38.5 Å². The van der Waals surface area contributed by atoms with Crippen LogP contribution >= 0.6 is 0 Å². The van der Waals surface area contributed by atoms with Gasteiger partial charge in [0.15, 0.2) is 0 Å². The molecule has 0 radical (unpaired) electrons. The number of rotatable bonds is 3. The smallest absolute Gasteiger partial charge is 0.107 e. The van der Waals surface area contributed by atoms with Crippen molar-refractivity contribution in [1.82, 2.24) is 0 Å². The first-order chi connectivity index (χ1) is 6.27. The fraction of sp³-hybridized carbons (Fsp3) is 0.818. The Hall–Kier alpha value is -0.520. The van der Waals surface area contributed by atoms with Crippen molar-refractivity contribution in [3.63, 3.8) is 0 Å². The molecule has 74 valence electrons. The molecule has 0 saturated heterocycles. The molecule has 1 aliphatic carbocycles. The highest BCUT2D eigenvalue weighted by Gasteiger charge is 2.25. The molecule has 1 fully saturated rings. The zero-order valence-corrected chi connectivity index (χ0v) is 8.22. The van der Waals surface area contributed by atoms with Gasteiger partial charge in [-0.15, -0.1) is 6.42 Å². The van der Waals surface area contributed by atoms with Gasteiger partial charge in [0.1, 0.15) is 6.61 Å². The van der Waals surface area contributed by atoms with E-state index >= 15 is 0 Å². The fourth-order valence-electron chi connectivity index (χ4n) is 1.89. The van der Waals surface area contributed by atoms with E-state index in [1.807, 2.05) is 0 Å². The predicted molar refractivity (Wildman–Crippen MR) is 54.3 cm³/mol. The Kier molecular flexibility index (Phi) is 4.27. The second kappa shape index (κ2) is 5.26. The van der Waals surface area contributed by atoms with E-state index in [0.29, 0.717) is 13.2 Å². The van der Waals surface area contributed by atoms with Gasteiger partial charge in [-0.1, -0.05) is 31.6 Å². The normalized spacial score (nSPS) is 21.8. The van der Waals surface area contributed by atoms with Gasteiger partial charge in [-0.25, -0.2) is 0 Å². The van der Waals surface area contributed by atoms with E-state index < -0.39 is 0 Å². The lowest BCUT2D eigenvalue weighted by Crippen LogP contribution is -2.44. The van der Waals surface area contributed by atoms with Crippen LogP contribution < -0.4 is 5.73 Å². The molecule has 13 heavy (non-hydrogen) atoms. The Balaban J connectivity index is 2.30. The molecule has 0 bridgehead atoms. The van der Waals surface area contributed by atoms with Crippen molar-refractivity contribution in [2.24, 2.45) is 5.73 Å². The highest BCUT2D eigenvalue weighted by Crippen LogP contribution is 2.24. The monoisotopic (exact) mass is 181 g/mol. The van der Waals surface area contributed by atoms with Crippen molar-refractivity contribution in [1.29, 1.82) is 0 Å². The van der Waals surface area contributed by atoms with E-state index in [4.69, 9.17) is 16.9 Å². The molecular weight excluding hydrogens is 162 g/mol. The average molecular weight is 181 g/mol. The molecule has 1 saturated carbocycles. The van der Waals surface area contributed by atoms with Crippen molar-refractivity contribution in [2.45, 2.75) is 44.1 Å². The summed E-state index contributed by atoms with van der Waals surface area (Å²) < 4.78 is 5.32. The minimum Gasteiger partial charge on any atom is -0.367 e. The van der Waals surface area contributed by atoms with Gasteiger partial charge in [-0.2, -0.15) is 0 Å². The molecule has 2 N–H and O–H groups in total. The number of hydrogen-bond acceptors (Lipinski definition) is 2. The van der Waals surface area contributed by atoms with E-state index in [2.05, 4.69) is 5.92 Å². The van der Waals surface area contributed by atoms with E-state index in [1.165, 1.54) is 25.7 Å². The van der Waals surface area contributed by atoms with Gasteiger partial charge in [-0.3, -0.25) is 0 Å². The predicted octanol–water partition coefficient (Wildman–Crippen LogP) is 1.69. The first-order valence-corrected chi connectivity index (χ1v) is 5.07. The highest BCUT2D eigenvalue weighted by molar-refractivity contribution is 4.88. The molecule has 0 aromatic rings. The lowest BCUT2D eigenvalue weighted by atomic mass is 9.93. The molecule has 0 aliphatic heterocycles. The SMILES string of the molecule is C#CCOCC1(N)CCCCCC1. The van der Waals surface area contributed by atoms with Crippen LogP contribution in [0.3, 0.4) is 0 Å². The van der Waals surface area contributed by atoms with E-state index in [1.54, 1.807) is 0 Å². The van der Waals surface area contributed by atoms with Crippen LogP contribution in [0.25, 0.3) is 0 Å². The van der Waals surface area contributed by atoms with Gasteiger partial charge in [-0.05, 0) is 12.8 Å². The molecule has 0 atom stereocenters. The lowest BCUT2D eigenvalue weighted by molar-refractivity contribution is 0.101. The maximum atomic E-state index is 6.21. The van der Waals surface area contributed by atoms with Gasteiger partial charge in [0.05, 0.1) is 6.61 Å². The molecule has 0 unspecified atom stereocenters. The van der Waals surface area contributed by atoms with Crippen LogP contribution in [0.15, 0.2) is 0 Å². The molecule has 2 nitrogen and oxygen atoms in total. The molecular formula is C11H19NO. The minimum absolute atomic E-state index is 0.104. The second-order valence-electron chi connectivity index (χ2n) is 3.97. The van der Waals surface area contributed by atoms with Crippen molar-refractivity contribution in [3.8, 4) is 12.3 Å². The van der Waals surface area contributed by atoms with E-state index in [9.17, 15) is 0 Å². The van der Waals surface area contributed by atoms with Crippen LogP contribution in [0.4, 0.5) is 0 Å². The van der Waals surface area contributed by atoms with Crippen molar-refractivity contribution in [2.75, 3.05) is 13.2 Å². The first kappa shape index (κ1) is 10.6. The molecule has 0 amide bonds. The van der Waals surface area contributed by atoms with Gasteiger partial charge in [0, 0.05) is 5.54 Å². The Morgan fingerprint density at radius 2 is 1.85 bits per heavy atom. The number of terminal acetylenes is 1. The molecule has 1 aliphatic rings. The summed E-state index contributed by atoms with van der Waals surface area (Å²) >= 11 is 0. The van der Waals surface area contributed by atoms with Crippen LogP contribution in [-0.4, -0.2) is 18.8 Å². The zero-order chi connectivity index (χ0) is 9.57. The number of hydrogen-bond donors (Lipinski definition) is 1. The largest absolute Gasteiger partial charge is 0.367 e. The summed E-state index contributed by atoms with van der Waals surface area (Å²) in [7, 11) is 0. The minimum atomic E-state index is -0.104. The summed E-state index contributed by atoms with van der Waals surface area (Å²) in [6, 6.07) is 0. The second-order valence-corrected chi connectivity index (χ2v) is 3.97. The van der Waals surface area contributed by atoms with E-state index in [-0.39, 0.29) is 5.54 Å². The summed E-state index contributed by atoms with van der Waals surface area (Å²) in [4.78, 5) is 0. The zero-order valence-electron chi connectivity index (χ0n) is 8.22. The average Bonchev–Trinajstić information content (AvgIpc) is 2.31. The Labute approximate surface area is 80.8 Å². The Bertz CT molecular complexity index is 175. The molecule has 0 spiro atoms. The van der Waals surface area contributed by atoms with Crippen LogP contribution in [0.5, 0.6) is 0 Å². The third-order valence-electron chi connectivity index (χ3n) is 2.67. The van der Waals surface area contributed by atoms with Crippen LogP contribution in [0, 0.1) is 12.3 Å². The molecule has 1 rings (SSSR count). The Morgan fingerprint density at radius 1 is 1.23 bits per heavy atom. The van der Waals surface area contributed by atoms with Gasteiger partial charge in [0.2, 0.25) is 0 Å². The lowest BCUT2D eigenvalue weighted by Gasteiger charge is -2.27. The van der Waals surface area contributed by atoms with Crippen molar-refractivity contribution >= 4 is 0 Å². The maximum absolute atomic E-state index is 6.21. The third kappa shape index (κ3) is 3.80. The van der Waals surface area contributed by atoms with E-state index in [0.717, 1.165) is 12.8 Å². The fourth-order valence-corrected chi connectivity index (χ4v) is 1.89. The number of nitrogens with two attached hydrogens (primary N) is 1. The summed E-state index contributed by atoms with van der Waals surface area (Å²) in [5.41, 5.74) is 6.10. The van der Waals surface area contributed by atoms with Crippen LogP contribution in [0.2, 0.25) is 0 Å². The number of ether oxygens (including phenoxy) is 1. The first-order valence-electron chi connectivity index (χ1n) is 5.07. The highest BCUT2D eigenvalue weighted by atomic mass is 16.5. The molecule has 0 aromatic heterocycles. The maximum Gasteiger partial charge on any atom is 0.107 e. The summed E-state index contributed by atoms with van der Waals surface area (Å²) in [5.74, 6) is 2.46. The van der Waals surface area contributed by atoms with Gasteiger partial charge < -0.3 is 10.5 Å². The topological polar surface area (TPSA) is 35.2 Å². The summed E-state index contributed by atoms with van der Waals surface area (Å²) in [5, 5.41) is 0. The van der Waals surface area contributed by atoms with Crippen LogP contribution in [-0.2, 0) is 4.74 Å².